The van der Waals surface area contributed by atoms with Crippen molar-refractivity contribution in [1.82, 2.24) is 14.9 Å². The number of hydrogen-bond acceptors (Lipinski definition) is 4. The van der Waals surface area contributed by atoms with Crippen molar-refractivity contribution in [1.29, 1.82) is 0 Å². The van der Waals surface area contributed by atoms with Crippen molar-refractivity contribution in [2.75, 3.05) is 0 Å². The van der Waals surface area contributed by atoms with E-state index in [9.17, 15) is 18.0 Å². The zero-order valence-corrected chi connectivity index (χ0v) is 18.2. The van der Waals surface area contributed by atoms with E-state index in [2.05, 4.69) is 10.6 Å². The van der Waals surface area contributed by atoms with Gasteiger partial charge in [0, 0.05) is 12.4 Å². The second kappa shape index (κ2) is 9.07. The van der Waals surface area contributed by atoms with Crippen LogP contribution in [0.1, 0.15) is 24.9 Å². The molecule has 2 amide bonds. The maximum Gasteiger partial charge on any atom is 0.266 e. The van der Waals surface area contributed by atoms with Gasteiger partial charge in [-0.1, -0.05) is 59.6 Å². The van der Waals surface area contributed by atoms with Crippen LogP contribution in [0.5, 0.6) is 0 Å². The van der Waals surface area contributed by atoms with E-state index in [1.807, 2.05) is 30.3 Å². The Hall–Kier alpha value is -2.55. The van der Waals surface area contributed by atoms with Crippen LogP contribution in [-0.2, 0) is 19.6 Å². The summed E-state index contributed by atoms with van der Waals surface area (Å²) in [6.07, 6.45) is 2.01. The summed E-state index contributed by atoms with van der Waals surface area (Å²) < 4.78 is 27.2. The molecule has 2 N–H and O–H groups in total. The molecule has 0 bridgehead atoms. The highest BCUT2D eigenvalue weighted by molar-refractivity contribution is 7.89. The first kappa shape index (κ1) is 22.1. The molecule has 2 aromatic rings. The summed E-state index contributed by atoms with van der Waals surface area (Å²) in [7, 11) is -4.23. The van der Waals surface area contributed by atoms with Gasteiger partial charge in [-0.15, -0.1) is 0 Å². The molecule has 1 aliphatic rings. The fourth-order valence-corrected chi connectivity index (χ4v) is 5.23. The predicted octanol–water partition coefficient (Wildman–Crippen LogP) is 3.22. The van der Waals surface area contributed by atoms with Gasteiger partial charge >= 0.3 is 0 Å². The van der Waals surface area contributed by atoms with Crippen molar-refractivity contribution in [3.05, 3.63) is 76.5 Å². The van der Waals surface area contributed by atoms with E-state index in [4.69, 9.17) is 23.2 Å². The SMILES string of the molecule is C[C@@H](NC(=O)C[C@@H]1C(=O)NC=CN1S(=O)(=O)c1cccc(Cl)c1Cl)c1ccccc1. The van der Waals surface area contributed by atoms with Gasteiger partial charge < -0.3 is 10.6 Å². The molecule has 0 aliphatic carbocycles. The minimum atomic E-state index is -4.23. The summed E-state index contributed by atoms with van der Waals surface area (Å²) in [6.45, 7) is 1.80. The molecule has 0 radical (unpaired) electrons. The molecule has 7 nitrogen and oxygen atoms in total. The summed E-state index contributed by atoms with van der Waals surface area (Å²) in [5.74, 6) is -1.10. The van der Waals surface area contributed by atoms with E-state index in [0.717, 1.165) is 9.87 Å². The lowest BCUT2D eigenvalue weighted by Gasteiger charge is -2.31. The van der Waals surface area contributed by atoms with Crippen LogP contribution in [0.2, 0.25) is 10.0 Å². The molecule has 0 spiro atoms. The fraction of sp³-hybridized carbons (Fsp3) is 0.200. The van der Waals surface area contributed by atoms with Gasteiger partial charge in [-0.05, 0) is 24.6 Å². The topological polar surface area (TPSA) is 95.6 Å². The fourth-order valence-electron chi connectivity index (χ4n) is 3.04. The summed E-state index contributed by atoms with van der Waals surface area (Å²) in [4.78, 5) is 24.8. The quantitative estimate of drug-likeness (QED) is 0.681. The van der Waals surface area contributed by atoms with Crippen LogP contribution in [0.25, 0.3) is 0 Å². The van der Waals surface area contributed by atoms with E-state index in [1.54, 1.807) is 6.92 Å². The van der Waals surface area contributed by atoms with Gasteiger partial charge in [0.15, 0.2) is 0 Å². The number of halogens is 2. The molecule has 0 saturated heterocycles. The van der Waals surface area contributed by atoms with Crippen molar-refractivity contribution >= 4 is 45.0 Å². The Morgan fingerprint density at radius 1 is 1.17 bits per heavy atom. The maximum absolute atomic E-state index is 13.2. The van der Waals surface area contributed by atoms with Gasteiger partial charge in [-0.25, -0.2) is 8.42 Å². The zero-order chi connectivity index (χ0) is 21.9. The monoisotopic (exact) mass is 467 g/mol. The van der Waals surface area contributed by atoms with Gasteiger partial charge in [0.2, 0.25) is 11.8 Å². The minimum absolute atomic E-state index is 0.0640. The Kier molecular flexibility index (Phi) is 6.70. The lowest BCUT2D eigenvalue weighted by Crippen LogP contribution is -2.51. The second-order valence-electron chi connectivity index (χ2n) is 6.63. The van der Waals surface area contributed by atoms with E-state index < -0.39 is 27.9 Å². The van der Waals surface area contributed by atoms with Crippen molar-refractivity contribution in [2.45, 2.75) is 30.3 Å². The summed E-state index contributed by atoms with van der Waals surface area (Å²) in [6, 6.07) is 11.9. The molecule has 2 atom stereocenters. The average molecular weight is 468 g/mol. The Morgan fingerprint density at radius 2 is 1.87 bits per heavy atom. The van der Waals surface area contributed by atoms with Crippen molar-refractivity contribution < 1.29 is 18.0 Å². The third kappa shape index (κ3) is 4.61. The third-order valence-corrected chi connectivity index (χ3v) is 7.34. The minimum Gasteiger partial charge on any atom is -0.350 e. The molecule has 10 heteroatoms. The largest absolute Gasteiger partial charge is 0.350 e. The highest BCUT2D eigenvalue weighted by Crippen LogP contribution is 2.32. The maximum atomic E-state index is 13.2. The number of nitrogens with one attached hydrogen (secondary N) is 2. The van der Waals surface area contributed by atoms with Crippen LogP contribution < -0.4 is 10.6 Å². The Bertz CT molecular complexity index is 1090. The van der Waals surface area contributed by atoms with Gasteiger partial charge in [-0.3, -0.25) is 13.9 Å². The molecule has 0 aromatic heterocycles. The van der Waals surface area contributed by atoms with Crippen LogP contribution in [0, 0.1) is 0 Å². The summed E-state index contributed by atoms with van der Waals surface area (Å²) in [5.41, 5.74) is 0.883. The van der Waals surface area contributed by atoms with E-state index in [1.165, 1.54) is 30.6 Å². The molecule has 0 fully saturated rings. The molecule has 2 aromatic carbocycles. The molecular weight excluding hydrogens is 449 g/mol. The van der Waals surface area contributed by atoms with Gasteiger partial charge in [0.1, 0.15) is 10.9 Å². The number of nitrogens with zero attached hydrogens (tertiary/aromatic N) is 1. The molecule has 30 heavy (non-hydrogen) atoms. The average Bonchev–Trinajstić information content (AvgIpc) is 2.71. The predicted molar refractivity (Wildman–Crippen MR) is 114 cm³/mol. The number of amides is 2. The van der Waals surface area contributed by atoms with Gasteiger partial charge in [0.25, 0.3) is 10.0 Å². The molecule has 3 rings (SSSR count). The number of benzene rings is 2. The third-order valence-electron chi connectivity index (χ3n) is 4.58. The van der Waals surface area contributed by atoms with Crippen molar-refractivity contribution in [2.24, 2.45) is 0 Å². The van der Waals surface area contributed by atoms with E-state index >= 15 is 0 Å². The first-order valence-electron chi connectivity index (χ1n) is 9.00. The van der Waals surface area contributed by atoms with Crippen LogP contribution >= 0.6 is 23.2 Å². The van der Waals surface area contributed by atoms with Gasteiger partial charge in [-0.2, -0.15) is 0 Å². The number of hydrogen-bond donors (Lipinski definition) is 2. The van der Waals surface area contributed by atoms with Crippen molar-refractivity contribution in [3.8, 4) is 0 Å². The zero-order valence-electron chi connectivity index (χ0n) is 15.9. The summed E-state index contributed by atoms with van der Waals surface area (Å²) in [5, 5.41) is 5.13. The van der Waals surface area contributed by atoms with Crippen molar-refractivity contribution in [3.63, 3.8) is 0 Å². The van der Waals surface area contributed by atoms with E-state index in [-0.39, 0.29) is 27.4 Å². The normalized spacial score (nSPS) is 17.4. The molecule has 0 unspecified atom stereocenters. The van der Waals surface area contributed by atoms with Crippen LogP contribution in [0.15, 0.2) is 65.8 Å². The molecule has 158 valence electrons. The highest BCUT2D eigenvalue weighted by atomic mass is 35.5. The summed E-state index contributed by atoms with van der Waals surface area (Å²) >= 11 is 12.0. The Labute approximate surface area is 184 Å². The number of carbonyl (C=O) groups excluding carboxylic acids is 2. The first-order valence-corrected chi connectivity index (χ1v) is 11.2. The first-order chi connectivity index (χ1) is 14.2. The lowest BCUT2D eigenvalue weighted by molar-refractivity contribution is -0.129. The van der Waals surface area contributed by atoms with Crippen LogP contribution in [0.4, 0.5) is 0 Å². The molecular formula is C20H19Cl2N3O4S. The Balaban J connectivity index is 1.83. The molecule has 0 saturated carbocycles. The molecule has 1 aliphatic heterocycles. The number of rotatable bonds is 6. The van der Waals surface area contributed by atoms with Gasteiger partial charge in [0.05, 0.1) is 22.5 Å². The molecule has 1 heterocycles. The van der Waals surface area contributed by atoms with Crippen LogP contribution in [0.3, 0.4) is 0 Å². The van der Waals surface area contributed by atoms with Crippen LogP contribution in [-0.4, -0.2) is 30.6 Å². The number of carbonyl (C=O) groups is 2. The number of sulfonamides is 1. The second-order valence-corrected chi connectivity index (χ2v) is 9.23. The Morgan fingerprint density at radius 3 is 2.57 bits per heavy atom. The smallest absolute Gasteiger partial charge is 0.266 e. The van der Waals surface area contributed by atoms with E-state index in [0.29, 0.717) is 0 Å². The standard InChI is InChI=1S/C20H19Cl2N3O4S/c1-13(14-6-3-2-4-7-14)24-18(26)12-16-20(27)23-10-11-25(16)30(28,29)17-9-5-8-15(21)19(17)22/h2-11,13,16H,12H2,1H3,(H,23,27)(H,24,26)/t13-,16-/m1/s1. The lowest BCUT2D eigenvalue weighted by atomic mass is 10.1. The highest BCUT2D eigenvalue weighted by Gasteiger charge is 2.38.